The van der Waals surface area contributed by atoms with Crippen molar-refractivity contribution in [1.29, 1.82) is 0 Å². The molecule has 0 N–H and O–H groups in total. The van der Waals surface area contributed by atoms with Gasteiger partial charge in [0.15, 0.2) is 18.1 Å². The fraction of sp³-hybridized carbons (Fsp3) is 0.0625. The Morgan fingerprint density at radius 2 is 1.52 bits per heavy atom. The fourth-order valence-electron chi connectivity index (χ4n) is 4.97. The van der Waals surface area contributed by atoms with Gasteiger partial charge in [0.25, 0.3) is 0 Å². The molecule has 3 aromatic carbocycles. The first-order valence-electron chi connectivity index (χ1n) is 13.0. The van der Waals surface area contributed by atoms with Gasteiger partial charge in [0.2, 0.25) is 0 Å². The molecule has 0 amide bonds. The van der Waals surface area contributed by atoms with Gasteiger partial charge in [-0.1, -0.05) is 96.2 Å². The van der Waals surface area contributed by atoms with Gasteiger partial charge in [-0.3, -0.25) is 0 Å². The summed E-state index contributed by atoms with van der Waals surface area (Å²) < 4.78 is 9.66. The zero-order valence-electron chi connectivity index (χ0n) is 21.5. The van der Waals surface area contributed by atoms with E-state index in [9.17, 15) is 0 Å². The molecule has 4 aromatic heterocycles. The summed E-state index contributed by atoms with van der Waals surface area (Å²) in [4.78, 5) is 15.3. The fourth-order valence-corrected chi connectivity index (χ4v) is 4.97. The van der Waals surface area contributed by atoms with E-state index >= 15 is 0 Å². The van der Waals surface area contributed by atoms with Crippen molar-refractivity contribution in [2.45, 2.75) is 13.2 Å². The molecule has 0 radical (unpaired) electrons. The predicted octanol–water partition coefficient (Wildman–Crippen LogP) is 6.61. The Morgan fingerprint density at radius 1 is 0.800 bits per heavy atom. The van der Waals surface area contributed by atoms with E-state index in [1.165, 1.54) is 0 Å². The minimum absolute atomic E-state index is 0.131. The number of hydrogen-bond donors (Lipinski definition) is 0. The van der Waals surface area contributed by atoms with Crippen LogP contribution in [-0.2, 0) is 18.0 Å². The van der Waals surface area contributed by atoms with Crippen molar-refractivity contribution in [2.75, 3.05) is 0 Å². The van der Waals surface area contributed by atoms with Crippen LogP contribution in [0.15, 0.2) is 125 Å². The molecule has 7 aromatic rings. The highest BCUT2D eigenvalue weighted by atomic mass is 16.6. The second-order valence-electron chi connectivity index (χ2n) is 9.28. The molecule has 0 saturated heterocycles. The Hall–Kier alpha value is -5.50. The molecule has 4 heterocycles. The molecule has 7 rings (SSSR count). The Bertz CT molecular complexity index is 1910. The summed E-state index contributed by atoms with van der Waals surface area (Å²) in [6.07, 6.45) is 5.06. The normalized spacial score (nSPS) is 11.6. The zero-order valence-corrected chi connectivity index (χ0v) is 21.5. The van der Waals surface area contributed by atoms with Gasteiger partial charge in [0, 0.05) is 5.56 Å². The number of nitrogens with zero attached hydrogens (tertiary/aromatic N) is 6. The topological polar surface area (TPSA) is 82.7 Å². The summed E-state index contributed by atoms with van der Waals surface area (Å²) in [6, 6.07) is 34.3. The lowest BCUT2D eigenvalue weighted by Gasteiger charge is -2.11. The Balaban J connectivity index is 1.40. The summed E-state index contributed by atoms with van der Waals surface area (Å²) in [7, 11) is 0. The van der Waals surface area contributed by atoms with Gasteiger partial charge in [0.1, 0.15) is 17.7 Å². The van der Waals surface area contributed by atoms with Gasteiger partial charge in [-0.25, -0.2) is 14.5 Å². The maximum Gasteiger partial charge on any atom is 0.192 e. The van der Waals surface area contributed by atoms with E-state index in [0.717, 1.165) is 44.7 Å². The summed E-state index contributed by atoms with van der Waals surface area (Å²) >= 11 is 0. The lowest BCUT2D eigenvalue weighted by molar-refractivity contribution is 0.126. The van der Waals surface area contributed by atoms with Gasteiger partial charge < -0.3 is 13.8 Å². The van der Waals surface area contributed by atoms with Gasteiger partial charge in [0.05, 0.1) is 30.1 Å². The van der Waals surface area contributed by atoms with Crippen LogP contribution >= 0.6 is 0 Å². The van der Waals surface area contributed by atoms with Crippen LogP contribution in [0.1, 0.15) is 17.1 Å². The lowest BCUT2D eigenvalue weighted by atomic mass is 9.99. The number of rotatable bonds is 8. The van der Waals surface area contributed by atoms with E-state index in [-0.39, 0.29) is 6.61 Å². The average Bonchev–Trinajstić information content (AvgIpc) is 3.75. The number of aromatic nitrogens is 5. The highest BCUT2D eigenvalue weighted by molar-refractivity contribution is 6.09. The molecule has 0 bridgehead atoms. The highest BCUT2D eigenvalue weighted by Crippen LogP contribution is 2.42. The SMILES string of the molecule is C(=NOCc1nc2c3c(-c4ccccc4)c(-c4ccccc4)n(Cc4ccco4)c3ncn2n1)c1ccccc1. The van der Waals surface area contributed by atoms with E-state index in [0.29, 0.717) is 18.0 Å². The smallest absolute Gasteiger partial charge is 0.192 e. The van der Waals surface area contributed by atoms with Crippen molar-refractivity contribution in [1.82, 2.24) is 24.1 Å². The van der Waals surface area contributed by atoms with E-state index in [1.807, 2.05) is 78.9 Å². The van der Waals surface area contributed by atoms with Crippen molar-refractivity contribution < 1.29 is 9.25 Å². The van der Waals surface area contributed by atoms with Crippen molar-refractivity contribution in [3.63, 3.8) is 0 Å². The largest absolute Gasteiger partial charge is 0.467 e. The van der Waals surface area contributed by atoms with Gasteiger partial charge in [-0.2, -0.15) is 0 Å². The Morgan fingerprint density at radius 3 is 2.25 bits per heavy atom. The Kier molecular flexibility index (Phi) is 6.10. The van der Waals surface area contributed by atoms with Crippen LogP contribution < -0.4 is 0 Å². The number of fused-ring (bicyclic) bond motifs is 3. The van der Waals surface area contributed by atoms with Crippen LogP contribution in [-0.4, -0.2) is 30.4 Å². The molecule has 8 nitrogen and oxygen atoms in total. The van der Waals surface area contributed by atoms with Gasteiger partial charge in [-0.15, -0.1) is 5.10 Å². The second-order valence-corrected chi connectivity index (χ2v) is 9.28. The van der Waals surface area contributed by atoms with Crippen LogP contribution in [0.3, 0.4) is 0 Å². The van der Waals surface area contributed by atoms with Crippen molar-refractivity contribution in [2.24, 2.45) is 5.16 Å². The van der Waals surface area contributed by atoms with E-state index in [1.54, 1.807) is 23.3 Å². The molecule has 8 heteroatoms. The molecule has 194 valence electrons. The molecular formula is C32H24N6O2. The zero-order chi connectivity index (χ0) is 26.7. The van der Waals surface area contributed by atoms with E-state index in [4.69, 9.17) is 19.2 Å². The Labute approximate surface area is 229 Å². The van der Waals surface area contributed by atoms with Crippen LogP contribution in [0.25, 0.3) is 39.1 Å². The van der Waals surface area contributed by atoms with Crippen LogP contribution in [0.4, 0.5) is 0 Å². The van der Waals surface area contributed by atoms with Crippen molar-refractivity contribution >= 4 is 22.9 Å². The van der Waals surface area contributed by atoms with E-state index in [2.05, 4.69) is 39.1 Å². The third-order valence-corrected chi connectivity index (χ3v) is 6.70. The third-order valence-electron chi connectivity index (χ3n) is 6.70. The standard InChI is InChI=1S/C32H24N6O2/c1-4-11-23(12-5-1)19-34-40-21-27-35-32-29-28(24-13-6-2-7-14-24)30(25-15-8-3-9-16-25)37(20-26-17-10-18-39-26)31(29)33-22-38(32)36-27/h1-19,22H,20-21H2. The minimum Gasteiger partial charge on any atom is -0.467 e. The molecular weight excluding hydrogens is 500 g/mol. The van der Waals surface area contributed by atoms with Gasteiger partial charge >= 0.3 is 0 Å². The number of oxime groups is 1. The quantitative estimate of drug-likeness (QED) is 0.165. The second kappa shape index (κ2) is 10.3. The number of hydrogen-bond acceptors (Lipinski definition) is 6. The molecule has 0 aliphatic heterocycles. The lowest BCUT2D eigenvalue weighted by Crippen LogP contribution is -2.03. The van der Waals surface area contributed by atoms with E-state index < -0.39 is 0 Å². The summed E-state index contributed by atoms with van der Waals surface area (Å²) in [6.45, 7) is 0.647. The molecule has 0 aliphatic rings. The first kappa shape index (κ1) is 23.6. The number of benzene rings is 3. The van der Waals surface area contributed by atoms with Crippen LogP contribution in [0.2, 0.25) is 0 Å². The van der Waals surface area contributed by atoms with Crippen LogP contribution in [0, 0.1) is 0 Å². The molecule has 40 heavy (non-hydrogen) atoms. The van der Waals surface area contributed by atoms with Crippen LogP contribution in [0.5, 0.6) is 0 Å². The molecule has 0 saturated carbocycles. The highest BCUT2D eigenvalue weighted by Gasteiger charge is 2.25. The van der Waals surface area contributed by atoms with Crippen molar-refractivity contribution in [3.05, 3.63) is 133 Å². The summed E-state index contributed by atoms with van der Waals surface area (Å²) in [5, 5.41) is 9.64. The monoisotopic (exact) mass is 524 g/mol. The maximum atomic E-state index is 5.76. The maximum absolute atomic E-state index is 5.76. The predicted molar refractivity (Wildman–Crippen MR) is 154 cm³/mol. The molecule has 0 atom stereocenters. The average molecular weight is 525 g/mol. The van der Waals surface area contributed by atoms with Crippen molar-refractivity contribution in [3.8, 4) is 22.4 Å². The first-order chi connectivity index (χ1) is 19.8. The molecule has 0 aliphatic carbocycles. The third kappa shape index (κ3) is 4.41. The summed E-state index contributed by atoms with van der Waals surface area (Å²) in [5.74, 6) is 1.35. The molecule has 0 unspecified atom stereocenters. The molecule has 0 spiro atoms. The van der Waals surface area contributed by atoms with Gasteiger partial charge in [-0.05, 0) is 28.8 Å². The minimum atomic E-state index is 0.131. The summed E-state index contributed by atoms with van der Waals surface area (Å²) in [5.41, 5.74) is 6.65. The first-order valence-corrected chi connectivity index (χ1v) is 13.0. The molecule has 0 fully saturated rings. The number of furan rings is 1.